The van der Waals surface area contributed by atoms with E-state index in [0.29, 0.717) is 10.0 Å². The van der Waals surface area contributed by atoms with Gasteiger partial charge in [-0.1, -0.05) is 53.0 Å². The van der Waals surface area contributed by atoms with Gasteiger partial charge in [0.2, 0.25) is 0 Å². The van der Waals surface area contributed by atoms with Crippen LogP contribution in [0.15, 0.2) is 47.4 Å². The predicted octanol–water partition coefficient (Wildman–Crippen LogP) is 4.60. The summed E-state index contributed by atoms with van der Waals surface area (Å²) in [4.78, 5) is 1.21. The van der Waals surface area contributed by atoms with Crippen LogP contribution in [0.25, 0.3) is 0 Å². The molecule has 3 N–H and O–H groups in total. The Morgan fingerprint density at radius 2 is 1.95 bits per heavy atom. The number of thioether (sulfide) groups is 1. The van der Waals surface area contributed by atoms with Gasteiger partial charge < -0.3 is 0 Å². The molecule has 0 amide bonds. The number of hydrogen-bond acceptors (Lipinski definition) is 3. The number of aryl methyl sites for hydroxylation is 1. The lowest BCUT2D eigenvalue weighted by molar-refractivity contribution is 0.611. The smallest absolute Gasteiger partial charge is 0.0640 e. The van der Waals surface area contributed by atoms with Crippen molar-refractivity contribution in [2.75, 3.05) is 5.75 Å². The van der Waals surface area contributed by atoms with Crippen molar-refractivity contribution in [3.63, 3.8) is 0 Å². The quantitative estimate of drug-likeness (QED) is 0.479. The van der Waals surface area contributed by atoms with E-state index in [2.05, 4.69) is 36.6 Å². The lowest BCUT2D eigenvalue weighted by Gasteiger charge is -2.18. The van der Waals surface area contributed by atoms with Crippen LogP contribution in [0.2, 0.25) is 10.0 Å². The minimum absolute atomic E-state index is 0.0493. The number of halogens is 2. The summed E-state index contributed by atoms with van der Waals surface area (Å²) in [5.74, 6) is 6.43. The van der Waals surface area contributed by atoms with Crippen LogP contribution in [0.3, 0.4) is 0 Å². The van der Waals surface area contributed by atoms with Crippen LogP contribution < -0.4 is 11.3 Å². The first-order chi connectivity index (χ1) is 9.61. The Morgan fingerprint density at radius 1 is 1.20 bits per heavy atom. The summed E-state index contributed by atoms with van der Waals surface area (Å²) in [6, 6.07) is 13.9. The van der Waals surface area contributed by atoms with Gasteiger partial charge in [0.15, 0.2) is 0 Å². The van der Waals surface area contributed by atoms with Crippen LogP contribution >= 0.6 is 35.0 Å². The van der Waals surface area contributed by atoms with Crippen LogP contribution in [-0.2, 0) is 0 Å². The maximum atomic E-state index is 6.24. The molecule has 0 aliphatic carbocycles. The fourth-order valence-corrected chi connectivity index (χ4v) is 3.42. The van der Waals surface area contributed by atoms with Gasteiger partial charge in [-0.2, -0.15) is 0 Å². The van der Waals surface area contributed by atoms with E-state index >= 15 is 0 Å². The van der Waals surface area contributed by atoms with Crippen LogP contribution in [0, 0.1) is 6.92 Å². The summed E-state index contributed by atoms with van der Waals surface area (Å²) in [6.45, 7) is 2.08. The molecule has 0 saturated heterocycles. The highest BCUT2D eigenvalue weighted by Crippen LogP contribution is 2.32. The monoisotopic (exact) mass is 326 g/mol. The number of hydrogen-bond donors (Lipinski definition) is 2. The average Bonchev–Trinajstić information content (AvgIpc) is 2.44. The summed E-state index contributed by atoms with van der Waals surface area (Å²) >= 11 is 14.0. The molecule has 0 bridgehead atoms. The Hall–Kier alpha value is -0.710. The summed E-state index contributed by atoms with van der Waals surface area (Å²) in [7, 11) is 0. The van der Waals surface area contributed by atoms with E-state index < -0.39 is 0 Å². The highest BCUT2D eigenvalue weighted by Gasteiger charge is 2.15. The summed E-state index contributed by atoms with van der Waals surface area (Å²) in [5, 5.41) is 1.10. The van der Waals surface area contributed by atoms with Crippen LogP contribution in [0.1, 0.15) is 17.2 Å². The van der Waals surface area contributed by atoms with Gasteiger partial charge in [0.05, 0.1) is 16.1 Å². The maximum absolute atomic E-state index is 6.24. The van der Waals surface area contributed by atoms with Gasteiger partial charge >= 0.3 is 0 Å². The number of rotatable bonds is 5. The largest absolute Gasteiger partial charge is 0.271 e. The maximum Gasteiger partial charge on any atom is 0.0640 e. The number of hydrazine groups is 1. The normalized spacial score (nSPS) is 12.4. The zero-order valence-electron chi connectivity index (χ0n) is 11.1. The van der Waals surface area contributed by atoms with Crippen molar-refractivity contribution >= 4 is 35.0 Å². The van der Waals surface area contributed by atoms with E-state index in [1.807, 2.05) is 12.1 Å². The molecule has 0 aliphatic rings. The van der Waals surface area contributed by atoms with E-state index in [1.165, 1.54) is 10.5 Å². The first-order valence-electron chi connectivity index (χ1n) is 6.21. The zero-order chi connectivity index (χ0) is 14.5. The van der Waals surface area contributed by atoms with Crippen molar-refractivity contribution in [1.29, 1.82) is 0 Å². The number of nitrogens with two attached hydrogens (primary N) is 1. The number of benzene rings is 2. The zero-order valence-corrected chi connectivity index (χ0v) is 13.4. The van der Waals surface area contributed by atoms with Crippen molar-refractivity contribution in [3.8, 4) is 0 Å². The summed E-state index contributed by atoms with van der Waals surface area (Å²) in [5.41, 5.74) is 4.97. The molecule has 0 heterocycles. The van der Waals surface area contributed by atoms with Gasteiger partial charge in [-0.05, 0) is 30.7 Å². The Labute approximate surface area is 133 Å². The fourth-order valence-electron chi connectivity index (χ4n) is 1.90. The molecule has 0 fully saturated rings. The molecule has 0 aromatic heterocycles. The van der Waals surface area contributed by atoms with E-state index in [-0.39, 0.29) is 6.04 Å². The van der Waals surface area contributed by atoms with E-state index in [4.69, 9.17) is 29.0 Å². The van der Waals surface area contributed by atoms with Gasteiger partial charge in [0.1, 0.15) is 0 Å². The molecular formula is C15H16Cl2N2S. The van der Waals surface area contributed by atoms with Gasteiger partial charge in [0.25, 0.3) is 0 Å². The minimum atomic E-state index is -0.0493. The standard InChI is InChI=1S/C15H16Cl2N2S/c1-10-4-2-5-11(8-10)20-9-14(19-18)12-6-3-7-13(16)15(12)17/h2-8,14,19H,9,18H2,1H3. The molecule has 1 atom stereocenters. The Balaban J connectivity index is 2.11. The van der Waals surface area contributed by atoms with E-state index in [0.717, 1.165) is 11.3 Å². The first-order valence-corrected chi connectivity index (χ1v) is 7.95. The Morgan fingerprint density at radius 3 is 2.65 bits per heavy atom. The van der Waals surface area contributed by atoms with Gasteiger partial charge in [-0.3, -0.25) is 11.3 Å². The van der Waals surface area contributed by atoms with Crippen LogP contribution in [-0.4, -0.2) is 5.75 Å². The highest BCUT2D eigenvalue weighted by atomic mass is 35.5. The fraction of sp³-hybridized carbons (Fsp3) is 0.200. The Bertz CT molecular complexity index is 590. The second-order valence-electron chi connectivity index (χ2n) is 4.49. The molecule has 20 heavy (non-hydrogen) atoms. The third-order valence-corrected chi connectivity index (χ3v) is 4.89. The second-order valence-corrected chi connectivity index (χ2v) is 6.37. The molecule has 0 saturated carbocycles. The average molecular weight is 327 g/mol. The van der Waals surface area contributed by atoms with Crippen molar-refractivity contribution < 1.29 is 0 Å². The molecule has 2 aromatic carbocycles. The van der Waals surface area contributed by atoms with Crippen LogP contribution in [0.5, 0.6) is 0 Å². The van der Waals surface area contributed by atoms with Crippen molar-refractivity contribution in [1.82, 2.24) is 5.43 Å². The van der Waals surface area contributed by atoms with Crippen molar-refractivity contribution in [2.24, 2.45) is 5.84 Å². The van der Waals surface area contributed by atoms with Gasteiger partial charge in [0, 0.05) is 10.6 Å². The predicted molar refractivity (Wildman–Crippen MR) is 88.4 cm³/mol. The van der Waals surface area contributed by atoms with Crippen LogP contribution in [0.4, 0.5) is 0 Å². The van der Waals surface area contributed by atoms with Gasteiger partial charge in [-0.15, -0.1) is 11.8 Å². The molecule has 0 spiro atoms. The van der Waals surface area contributed by atoms with E-state index in [1.54, 1.807) is 17.8 Å². The van der Waals surface area contributed by atoms with Gasteiger partial charge in [-0.25, -0.2) is 0 Å². The second kappa shape index (κ2) is 7.34. The lowest BCUT2D eigenvalue weighted by atomic mass is 10.1. The first kappa shape index (κ1) is 15.7. The SMILES string of the molecule is Cc1cccc(SCC(NN)c2cccc(Cl)c2Cl)c1. The summed E-state index contributed by atoms with van der Waals surface area (Å²) in [6.07, 6.45) is 0. The molecule has 2 nitrogen and oxygen atoms in total. The topological polar surface area (TPSA) is 38.0 Å². The molecule has 2 rings (SSSR count). The third-order valence-electron chi connectivity index (χ3n) is 2.96. The third kappa shape index (κ3) is 3.90. The number of nitrogens with one attached hydrogen (secondary N) is 1. The molecular weight excluding hydrogens is 311 g/mol. The molecule has 0 aliphatic heterocycles. The molecule has 1 unspecified atom stereocenters. The highest BCUT2D eigenvalue weighted by molar-refractivity contribution is 7.99. The van der Waals surface area contributed by atoms with Crippen molar-refractivity contribution in [3.05, 3.63) is 63.6 Å². The lowest BCUT2D eigenvalue weighted by Crippen LogP contribution is -2.29. The molecule has 0 radical (unpaired) electrons. The Kier molecular flexibility index (Phi) is 5.75. The molecule has 5 heteroatoms. The molecule has 2 aromatic rings. The summed E-state index contributed by atoms with van der Waals surface area (Å²) < 4.78 is 0. The van der Waals surface area contributed by atoms with E-state index in [9.17, 15) is 0 Å². The minimum Gasteiger partial charge on any atom is -0.271 e. The van der Waals surface area contributed by atoms with Crippen molar-refractivity contribution in [2.45, 2.75) is 17.9 Å². The molecule has 106 valence electrons.